The first-order valence-electron chi connectivity index (χ1n) is 7.43. The van der Waals surface area contributed by atoms with E-state index in [1.165, 1.54) is 43.9 Å². The average Bonchev–Trinajstić information content (AvgIpc) is 2.74. The van der Waals surface area contributed by atoms with E-state index in [4.69, 9.17) is 5.11 Å². The molecule has 1 aliphatic carbocycles. The van der Waals surface area contributed by atoms with Gasteiger partial charge in [-0.1, -0.05) is 37.9 Å². The van der Waals surface area contributed by atoms with E-state index in [-0.39, 0.29) is 5.75 Å². The molecular weight excluding hydrogens is 272 g/mol. The van der Waals surface area contributed by atoms with Crippen molar-refractivity contribution in [1.29, 1.82) is 0 Å². The highest BCUT2D eigenvalue weighted by atomic mass is 32.2. The lowest BCUT2D eigenvalue weighted by atomic mass is 9.81. The van der Waals surface area contributed by atoms with E-state index in [9.17, 15) is 4.79 Å². The van der Waals surface area contributed by atoms with Crippen LogP contribution in [0.4, 0.5) is 0 Å². The maximum atomic E-state index is 10.7. The van der Waals surface area contributed by atoms with E-state index in [1.807, 2.05) is 13.1 Å². The van der Waals surface area contributed by atoms with Crippen molar-refractivity contribution in [3.05, 3.63) is 11.9 Å². The van der Waals surface area contributed by atoms with E-state index in [0.29, 0.717) is 0 Å². The number of hydrogen-bond acceptors (Lipinski definition) is 3. The van der Waals surface area contributed by atoms with Crippen LogP contribution in [-0.2, 0) is 11.3 Å². The monoisotopic (exact) mass is 296 g/mol. The van der Waals surface area contributed by atoms with Crippen molar-refractivity contribution in [1.82, 2.24) is 9.55 Å². The lowest BCUT2D eigenvalue weighted by Crippen LogP contribution is -2.15. The zero-order valence-corrected chi connectivity index (χ0v) is 13.2. The van der Waals surface area contributed by atoms with Gasteiger partial charge in [0.25, 0.3) is 0 Å². The average molecular weight is 296 g/mol. The Morgan fingerprint density at radius 3 is 3.05 bits per heavy atom. The third-order valence-corrected chi connectivity index (χ3v) is 4.98. The Morgan fingerprint density at radius 2 is 2.35 bits per heavy atom. The number of carboxylic acids is 1. The van der Waals surface area contributed by atoms with Gasteiger partial charge in [0.15, 0.2) is 5.16 Å². The first-order valence-corrected chi connectivity index (χ1v) is 8.41. The number of nitrogens with zero attached hydrogens (tertiary/aromatic N) is 2. The van der Waals surface area contributed by atoms with Crippen molar-refractivity contribution in [2.24, 2.45) is 11.8 Å². The molecule has 1 aliphatic rings. The number of rotatable bonds is 6. The molecule has 1 aromatic rings. The fourth-order valence-electron chi connectivity index (χ4n) is 3.07. The van der Waals surface area contributed by atoms with Crippen LogP contribution in [-0.4, -0.2) is 26.4 Å². The maximum absolute atomic E-state index is 10.7. The van der Waals surface area contributed by atoms with Gasteiger partial charge in [0, 0.05) is 12.7 Å². The highest BCUT2D eigenvalue weighted by molar-refractivity contribution is 7.99. The summed E-state index contributed by atoms with van der Waals surface area (Å²) in [6.45, 7) is 5.27. The molecule has 0 aromatic carbocycles. The summed E-state index contributed by atoms with van der Waals surface area (Å²) in [6, 6.07) is 0. The van der Waals surface area contributed by atoms with Crippen molar-refractivity contribution < 1.29 is 9.90 Å². The second kappa shape index (κ2) is 7.16. The molecule has 2 atom stereocenters. The van der Waals surface area contributed by atoms with Crippen molar-refractivity contribution in [3.8, 4) is 0 Å². The Kier molecular flexibility index (Phi) is 5.52. The molecule has 0 bridgehead atoms. The Labute approximate surface area is 125 Å². The minimum Gasteiger partial charge on any atom is -0.481 e. The minimum atomic E-state index is -0.789. The maximum Gasteiger partial charge on any atom is 0.313 e. The molecule has 1 fully saturated rings. The van der Waals surface area contributed by atoms with Gasteiger partial charge in [0.1, 0.15) is 0 Å². The third-order valence-electron chi connectivity index (χ3n) is 4.01. The molecule has 0 saturated heterocycles. The fraction of sp³-hybridized carbons (Fsp3) is 0.733. The Morgan fingerprint density at radius 1 is 1.55 bits per heavy atom. The molecule has 0 radical (unpaired) electrons. The predicted octanol–water partition coefficient (Wildman–Crippen LogP) is 3.58. The van der Waals surface area contributed by atoms with Crippen LogP contribution in [0.2, 0.25) is 0 Å². The molecule has 5 heteroatoms. The molecule has 1 saturated carbocycles. The summed E-state index contributed by atoms with van der Waals surface area (Å²) in [5.41, 5.74) is 0.968. The summed E-state index contributed by atoms with van der Waals surface area (Å²) in [7, 11) is 0. The van der Waals surface area contributed by atoms with Crippen LogP contribution < -0.4 is 0 Å². The van der Waals surface area contributed by atoms with Gasteiger partial charge < -0.3 is 9.67 Å². The van der Waals surface area contributed by atoms with Gasteiger partial charge in [-0.15, -0.1) is 0 Å². The second-order valence-electron chi connectivity index (χ2n) is 5.97. The molecule has 2 unspecified atom stereocenters. The van der Waals surface area contributed by atoms with Gasteiger partial charge in [0.05, 0.1) is 11.4 Å². The molecule has 2 rings (SSSR count). The van der Waals surface area contributed by atoms with Crippen LogP contribution in [0.1, 0.15) is 44.7 Å². The van der Waals surface area contributed by atoms with Crippen molar-refractivity contribution in [3.63, 3.8) is 0 Å². The van der Waals surface area contributed by atoms with Crippen molar-refractivity contribution in [2.45, 2.75) is 57.7 Å². The number of aryl methyl sites for hydroxylation is 2. The number of carboxylic acid groups (broad SMARTS) is 1. The molecule has 112 valence electrons. The van der Waals surface area contributed by atoms with Crippen LogP contribution in [0.15, 0.2) is 11.4 Å². The summed E-state index contributed by atoms with van der Waals surface area (Å²) in [6.07, 6.45) is 8.63. The van der Waals surface area contributed by atoms with Gasteiger partial charge >= 0.3 is 5.97 Å². The van der Waals surface area contributed by atoms with Crippen molar-refractivity contribution >= 4 is 17.7 Å². The topological polar surface area (TPSA) is 55.1 Å². The number of aromatic nitrogens is 2. The minimum absolute atomic E-state index is 0.0803. The molecule has 0 aliphatic heterocycles. The Bertz CT molecular complexity index is 459. The van der Waals surface area contributed by atoms with E-state index in [0.717, 1.165) is 29.2 Å². The van der Waals surface area contributed by atoms with Crippen LogP contribution in [0, 0.1) is 18.8 Å². The third kappa shape index (κ3) is 4.54. The van der Waals surface area contributed by atoms with Gasteiger partial charge in [-0.2, -0.15) is 0 Å². The van der Waals surface area contributed by atoms with Gasteiger partial charge in [0.2, 0.25) is 0 Å². The largest absolute Gasteiger partial charge is 0.481 e. The summed E-state index contributed by atoms with van der Waals surface area (Å²) in [5, 5.41) is 9.62. The van der Waals surface area contributed by atoms with Crippen LogP contribution in [0.25, 0.3) is 0 Å². The molecule has 20 heavy (non-hydrogen) atoms. The molecule has 0 amide bonds. The quantitative estimate of drug-likeness (QED) is 0.815. The van der Waals surface area contributed by atoms with Gasteiger partial charge in [-0.05, 0) is 31.6 Å². The number of carbonyl (C=O) groups is 1. The molecular formula is C15H24N2O2S. The first kappa shape index (κ1) is 15.4. The summed E-state index contributed by atoms with van der Waals surface area (Å²) < 4.78 is 2.13. The van der Waals surface area contributed by atoms with E-state index in [2.05, 4.69) is 16.5 Å². The molecule has 1 aromatic heterocycles. The highest BCUT2D eigenvalue weighted by Crippen LogP contribution is 2.31. The first-order chi connectivity index (χ1) is 9.54. The zero-order valence-electron chi connectivity index (χ0n) is 12.3. The van der Waals surface area contributed by atoms with E-state index < -0.39 is 5.97 Å². The number of aliphatic carboxylic acids is 1. The van der Waals surface area contributed by atoms with E-state index in [1.54, 1.807) is 0 Å². The van der Waals surface area contributed by atoms with Gasteiger partial charge in [-0.3, -0.25) is 4.79 Å². The highest BCUT2D eigenvalue weighted by Gasteiger charge is 2.19. The molecule has 1 N–H and O–H groups in total. The zero-order chi connectivity index (χ0) is 14.5. The standard InChI is InChI=1S/C15H24N2O2S/c1-11-4-3-5-13(8-11)6-7-17-9-12(2)16-15(17)20-10-14(18)19/h9,11,13H,3-8,10H2,1-2H3,(H,18,19). The summed E-state index contributed by atoms with van der Waals surface area (Å²) >= 11 is 1.32. The summed E-state index contributed by atoms with van der Waals surface area (Å²) in [5.74, 6) is 0.970. The number of thioether (sulfide) groups is 1. The lowest BCUT2D eigenvalue weighted by molar-refractivity contribution is -0.133. The van der Waals surface area contributed by atoms with Crippen LogP contribution in [0.3, 0.4) is 0 Å². The van der Waals surface area contributed by atoms with E-state index >= 15 is 0 Å². The van der Waals surface area contributed by atoms with Gasteiger partial charge in [-0.25, -0.2) is 4.98 Å². The number of imidazole rings is 1. The van der Waals surface area contributed by atoms with Crippen molar-refractivity contribution in [2.75, 3.05) is 5.75 Å². The second-order valence-corrected chi connectivity index (χ2v) is 6.91. The van der Waals surface area contributed by atoms with Crippen LogP contribution in [0.5, 0.6) is 0 Å². The molecule has 4 nitrogen and oxygen atoms in total. The summed E-state index contributed by atoms with van der Waals surface area (Å²) in [4.78, 5) is 15.1. The van der Waals surface area contributed by atoms with Crippen LogP contribution >= 0.6 is 11.8 Å². The molecule has 1 heterocycles. The fourth-order valence-corrected chi connectivity index (χ4v) is 3.84. The predicted molar refractivity (Wildman–Crippen MR) is 81.1 cm³/mol. The molecule has 0 spiro atoms. The SMILES string of the molecule is Cc1cn(CCC2CCCC(C)C2)c(SCC(=O)O)n1. The number of hydrogen-bond donors (Lipinski definition) is 1. The normalized spacial score (nSPS) is 22.9. The lowest BCUT2D eigenvalue weighted by Gasteiger charge is -2.26. The Balaban J connectivity index is 1.89. The Hall–Kier alpha value is -0.970. The smallest absolute Gasteiger partial charge is 0.313 e.